The van der Waals surface area contributed by atoms with Crippen LogP contribution >= 0.6 is 0 Å². The van der Waals surface area contributed by atoms with Gasteiger partial charge in [-0.3, -0.25) is 4.79 Å². The molecule has 1 amide bonds. The minimum atomic E-state index is -0.672. The van der Waals surface area contributed by atoms with Gasteiger partial charge in [-0.1, -0.05) is 6.42 Å². The first-order chi connectivity index (χ1) is 17.0. The summed E-state index contributed by atoms with van der Waals surface area (Å²) in [5.74, 6) is 2.78. The van der Waals surface area contributed by atoms with E-state index in [1.54, 1.807) is 25.6 Å². The molecule has 1 atom stereocenters. The van der Waals surface area contributed by atoms with Gasteiger partial charge < -0.3 is 15.1 Å². The number of nitrogens with one attached hydrogen (secondary N) is 1. The van der Waals surface area contributed by atoms with Crippen LogP contribution in [0.25, 0.3) is 0 Å². The van der Waals surface area contributed by atoms with Gasteiger partial charge in [0.2, 0.25) is 5.91 Å². The lowest BCUT2D eigenvalue weighted by atomic mass is 9.66. The van der Waals surface area contributed by atoms with Gasteiger partial charge in [-0.15, -0.1) is 0 Å². The van der Waals surface area contributed by atoms with Crippen LogP contribution < -0.4 is 15.1 Å². The van der Waals surface area contributed by atoms with Crippen LogP contribution in [0.15, 0.2) is 24.7 Å². The first-order valence-electron chi connectivity index (χ1n) is 12.4. The zero-order chi connectivity index (χ0) is 24.6. The molecule has 9 heteroatoms. The lowest BCUT2D eigenvalue weighted by Gasteiger charge is -2.44. The van der Waals surface area contributed by atoms with Crippen molar-refractivity contribution in [1.82, 2.24) is 20.3 Å². The first kappa shape index (κ1) is 23.0. The lowest BCUT2D eigenvalue weighted by Crippen LogP contribution is -2.48. The quantitative estimate of drug-likeness (QED) is 0.725. The molecule has 2 aromatic rings. The predicted molar refractivity (Wildman–Crippen MR) is 131 cm³/mol. The Morgan fingerprint density at radius 2 is 1.89 bits per heavy atom. The first-order valence-corrected chi connectivity index (χ1v) is 12.4. The second kappa shape index (κ2) is 8.81. The molecule has 0 bridgehead atoms. The summed E-state index contributed by atoms with van der Waals surface area (Å²) in [7, 11) is 1.57. The largest absolute Gasteiger partial charge is 0.358 e. The highest BCUT2D eigenvalue weighted by Gasteiger charge is 2.51. The molecule has 2 aromatic heterocycles. The molecule has 6 rings (SSSR count). The summed E-state index contributed by atoms with van der Waals surface area (Å²) in [6.07, 6.45) is 10.7. The van der Waals surface area contributed by atoms with Crippen molar-refractivity contribution in [2.45, 2.75) is 63.3 Å². The second-order valence-corrected chi connectivity index (χ2v) is 10.1. The Morgan fingerprint density at radius 3 is 2.37 bits per heavy atom. The molecule has 3 fully saturated rings. The van der Waals surface area contributed by atoms with Crippen LogP contribution in [0.1, 0.15) is 63.0 Å². The van der Waals surface area contributed by atoms with Crippen LogP contribution in [0, 0.1) is 28.1 Å². The molecule has 0 radical (unpaired) electrons. The molecule has 2 aliphatic heterocycles. The van der Waals surface area contributed by atoms with Crippen molar-refractivity contribution in [3.63, 3.8) is 0 Å². The fourth-order valence-corrected chi connectivity index (χ4v) is 5.55. The van der Waals surface area contributed by atoms with Crippen molar-refractivity contribution in [3.05, 3.63) is 35.8 Å². The Hall–Kier alpha value is -3.72. The average molecular weight is 471 g/mol. The van der Waals surface area contributed by atoms with E-state index in [9.17, 15) is 10.1 Å². The van der Waals surface area contributed by atoms with Crippen LogP contribution in [0.3, 0.4) is 0 Å². The van der Waals surface area contributed by atoms with Crippen LogP contribution in [-0.2, 0) is 10.2 Å². The number of hydrogen-bond donors (Lipinski definition) is 1. The summed E-state index contributed by atoms with van der Waals surface area (Å²) >= 11 is 0. The monoisotopic (exact) mass is 470 g/mol. The molecular formula is C26H30N8O. The number of anilines is 3. The summed E-state index contributed by atoms with van der Waals surface area (Å²) in [5.41, 5.74) is 1.41. The Labute approximate surface area is 205 Å². The van der Waals surface area contributed by atoms with Gasteiger partial charge in [0.15, 0.2) is 0 Å². The molecule has 4 aliphatic rings. The van der Waals surface area contributed by atoms with Crippen molar-refractivity contribution in [2.75, 3.05) is 29.9 Å². The van der Waals surface area contributed by atoms with E-state index in [4.69, 9.17) is 5.26 Å². The fourth-order valence-electron chi connectivity index (χ4n) is 5.55. The number of hydrogen-bond acceptors (Lipinski definition) is 8. The van der Waals surface area contributed by atoms with Crippen molar-refractivity contribution in [2.24, 2.45) is 5.41 Å². The summed E-state index contributed by atoms with van der Waals surface area (Å²) in [5, 5.41) is 20.3. The second-order valence-electron chi connectivity index (χ2n) is 10.1. The molecule has 1 N–H and O–H groups in total. The van der Waals surface area contributed by atoms with Crippen LogP contribution in [0.2, 0.25) is 0 Å². The number of fused-ring (bicyclic) bond motifs is 2. The fraction of sp³-hybridized carbons (Fsp3) is 0.538. The third-order valence-corrected chi connectivity index (χ3v) is 8.19. The van der Waals surface area contributed by atoms with Crippen molar-refractivity contribution < 1.29 is 4.79 Å². The third kappa shape index (κ3) is 3.67. The molecule has 9 nitrogen and oxygen atoms in total. The van der Waals surface area contributed by atoms with Gasteiger partial charge >= 0.3 is 0 Å². The van der Waals surface area contributed by atoms with Gasteiger partial charge in [-0.25, -0.2) is 15.0 Å². The van der Waals surface area contributed by atoms with Gasteiger partial charge in [0.05, 0.1) is 17.7 Å². The maximum atomic E-state index is 11.0. The van der Waals surface area contributed by atoms with E-state index in [1.165, 1.54) is 31.2 Å². The molecular weight excluding hydrogens is 440 g/mol. The van der Waals surface area contributed by atoms with Gasteiger partial charge in [0.1, 0.15) is 29.2 Å². The zero-order valence-electron chi connectivity index (χ0n) is 20.3. The van der Waals surface area contributed by atoms with E-state index in [0.717, 1.165) is 49.8 Å². The Kier molecular flexibility index (Phi) is 5.80. The summed E-state index contributed by atoms with van der Waals surface area (Å²) in [6.45, 7) is 4.22. The standard InChI is InChI=1S/C19H20N6.C7H10N2O/c1-13-4-8-24(13)17-16-18(23-12-22-17)25(11-19(16)5-2-6-19)15-9-14(10-20)3-7-21-15;1-9-6(10)7(5-8)3-2-4-7/h3,7,9,12-13H,2,4-6,8,11H2,1H3;2-4H2,1H3,(H,9,10)/t13-;/m0./s1. The average Bonchev–Trinajstić information content (AvgIpc) is 3.20. The predicted octanol–water partition coefficient (Wildman–Crippen LogP) is 3.34. The molecule has 0 unspecified atom stereocenters. The van der Waals surface area contributed by atoms with E-state index < -0.39 is 5.41 Å². The number of pyridine rings is 1. The van der Waals surface area contributed by atoms with Crippen LogP contribution in [0.4, 0.5) is 17.5 Å². The highest BCUT2D eigenvalue weighted by Crippen LogP contribution is 2.56. The minimum Gasteiger partial charge on any atom is -0.358 e. The Bertz CT molecular complexity index is 1220. The molecule has 35 heavy (non-hydrogen) atoms. The number of carbonyl (C=O) groups excluding carboxylic acids is 1. The maximum Gasteiger partial charge on any atom is 0.240 e. The molecule has 2 aliphatic carbocycles. The van der Waals surface area contributed by atoms with Gasteiger partial charge in [0.25, 0.3) is 0 Å². The number of carbonyl (C=O) groups is 1. The third-order valence-electron chi connectivity index (χ3n) is 8.19. The van der Waals surface area contributed by atoms with Crippen LogP contribution in [0.5, 0.6) is 0 Å². The van der Waals surface area contributed by atoms with Crippen molar-refractivity contribution in [3.8, 4) is 12.1 Å². The number of rotatable bonds is 3. The van der Waals surface area contributed by atoms with Crippen molar-refractivity contribution >= 4 is 23.4 Å². The molecule has 180 valence electrons. The molecule has 1 spiro atoms. The Morgan fingerprint density at radius 1 is 1.14 bits per heavy atom. The number of nitrogens with zero attached hydrogens (tertiary/aromatic N) is 7. The number of nitriles is 2. The van der Waals surface area contributed by atoms with Gasteiger partial charge in [-0.2, -0.15) is 10.5 Å². The van der Waals surface area contributed by atoms with E-state index >= 15 is 0 Å². The lowest BCUT2D eigenvalue weighted by molar-refractivity contribution is -0.131. The summed E-state index contributed by atoms with van der Waals surface area (Å²) in [4.78, 5) is 29.4. The van der Waals surface area contributed by atoms with E-state index in [1.807, 2.05) is 6.07 Å². The summed E-state index contributed by atoms with van der Waals surface area (Å²) < 4.78 is 0. The highest BCUT2D eigenvalue weighted by molar-refractivity contribution is 5.86. The smallest absolute Gasteiger partial charge is 0.240 e. The van der Waals surface area contributed by atoms with E-state index in [0.29, 0.717) is 11.6 Å². The topological polar surface area (TPSA) is 122 Å². The maximum absolute atomic E-state index is 11.0. The molecule has 4 heterocycles. The Balaban J connectivity index is 0.000000214. The minimum absolute atomic E-state index is 0.124. The summed E-state index contributed by atoms with van der Waals surface area (Å²) in [6, 6.07) is 8.41. The SMILES string of the molecule is CNC(=O)C1(C#N)CCC1.C[C@H]1CCN1c1ncnc2c1C1(CCC1)CN2c1cc(C#N)ccn1. The number of amides is 1. The highest BCUT2D eigenvalue weighted by atomic mass is 16.2. The van der Waals surface area contributed by atoms with E-state index in [-0.39, 0.29) is 11.3 Å². The van der Waals surface area contributed by atoms with Gasteiger partial charge in [0, 0.05) is 43.4 Å². The van der Waals surface area contributed by atoms with Crippen LogP contribution in [-0.4, -0.2) is 47.0 Å². The van der Waals surface area contributed by atoms with Crippen molar-refractivity contribution in [1.29, 1.82) is 10.5 Å². The van der Waals surface area contributed by atoms with E-state index in [2.05, 4.69) is 49.1 Å². The molecule has 0 aromatic carbocycles. The molecule has 2 saturated carbocycles. The zero-order valence-corrected chi connectivity index (χ0v) is 20.3. The molecule has 1 saturated heterocycles. The number of aromatic nitrogens is 3. The van der Waals surface area contributed by atoms with Gasteiger partial charge in [-0.05, 0) is 57.6 Å². The normalized spacial score (nSPS) is 22.2.